The molecule has 0 bridgehead atoms. The smallest absolute Gasteiger partial charge is 0.278 e. The maximum Gasteiger partial charge on any atom is 0.278 e. The number of likely N-dealkylation sites (N-methyl/N-ethyl adjacent to an activating group) is 1. The number of halogens is 1. The van der Waals surface area contributed by atoms with Crippen LogP contribution in [0.3, 0.4) is 0 Å². The van der Waals surface area contributed by atoms with Gasteiger partial charge in [-0.15, -0.1) is 0 Å². The summed E-state index contributed by atoms with van der Waals surface area (Å²) in [6.45, 7) is 10.6. The van der Waals surface area contributed by atoms with Gasteiger partial charge in [0.25, 0.3) is 5.91 Å². The number of nitrogens with zero attached hydrogens (tertiary/aromatic N) is 1. The third-order valence-corrected chi connectivity index (χ3v) is 9.00. The van der Waals surface area contributed by atoms with Crippen LogP contribution in [-0.2, 0) is 14.1 Å². The van der Waals surface area contributed by atoms with E-state index in [2.05, 4.69) is 33.9 Å². The zero-order chi connectivity index (χ0) is 17.1. The van der Waals surface area contributed by atoms with Crippen LogP contribution in [0.25, 0.3) is 0 Å². The standard InChI is InChI=1S/C16H26ClNO3Si/c1-16(2,3)22(6,7)21-14(15(19)18(4)20-5)12-10-8-9-11-13(12)17/h8-11,14H,1-7H3. The van der Waals surface area contributed by atoms with Gasteiger partial charge in [-0.3, -0.25) is 9.63 Å². The number of hydroxylamine groups is 2. The fourth-order valence-corrected chi connectivity index (χ4v) is 3.07. The number of hydrogen-bond donors (Lipinski definition) is 0. The third kappa shape index (κ3) is 4.32. The normalized spacial score (nSPS) is 13.8. The Morgan fingerprint density at radius 3 is 2.27 bits per heavy atom. The molecule has 0 spiro atoms. The van der Waals surface area contributed by atoms with Crippen molar-refractivity contribution in [2.45, 2.75) is 45.0 Å². The van der Waals surface area contributed by atoms with Crippen LogP contribution in [0.2, 0.25) is 23.2 Å². The van der Waals surface area contributed by atoms with Crippen LogP contribution in [0, 0.1) is 0 Å². The first-order valence-corrected chi connectivity index (χ1v) is 10.5. The summed E-state index contributed by atoms with van der Waals surface area (Å²) in [6.07, 6.45) is -0.764. The van der Waals surface area contributed by atoms with Gasteiger partial charge < -0.3 is 4.43 Å². The predicted molar refractivity (Wildman–Crippen MR) is 92.3 cm³/mol. The molecule has 1 atom stereocenters. The maximum absolute atomic E-state index is 12.7. The number of carbonyl (C=O) groups excluding carboxylic acids is 1. The van der Waals surface area contributed by atoms with Crippen molar-refractivity contribution in [2.24, 2.45) is 0 Å². The van der Waals surface area contributed by atoms with E-state index in [1.807, 2.05) is 18.2 Å². The van der Waals surface area contributed by atoms with Crippen LogP contribution in [0.1, 0.15) is 32.4 Å². The van der Waals surface area contributed by atoms with Gasteiger partial charge in [-0.05, 0) is 24.2 Å². The number of amides is 1. The summed E-state index contributed by atoms with van der Waals surface area (Å²) in [5.74, 6) is -0.263. The summed E-state index contributed by atoms with van der Waals surface area (Å²) in [5.41, 5.74) is 0.669. The van der Waals surface area contributed by atoms with E-state index in [0.29, 0.717) is 10.6 Å². The first kappa shape index (κ1) is 19.2. The van der Waals surface area contributed by atoms with Gasteiger partial charge in [-0.2, -0.15) is 0 Å². The van der Waals surface area contributed by atoms with Gasteiger partial charge in [0.05, 0.1) is 7.11 Å². The molecule has 0 aliphatic heterocycles. The lowest BCUT2D eigenvalue weighted by Crippen LogP contribution is -2.45. The highest BCUT2D eigenvalue weighted by Gasteiger charge is 2.42. The molecule has 4 nitrogen and oxygen atoms in total. The maximum atomic E-state index is 12.7. The van der Waals surface area contributed by atoms with E-state index in [1.165, 1.54) is 12.2 Å². The fraction of sp³-hybridized carbons (Fsp3) is 0.562. The van der Waals surface area contributed by atoms with Gasteiger partial charge in [0.2, 0.25) is 0 Å². The average Bonchev–Trinajstić information content (AvgIpc) is 2.42. The predicted octanol–water partition coefficient (Wildman–Crippen LogP) is 4.42. The highest BCUT2D eigenvalue weighted by atomic mass is 35.5. The molecule has 124 valence electrons. The molecule has 22 heavy (non-hydrogen) atoms. The van der Waals surface area contributed by atoms with E-state index in [4.69, 9.17) is 20.9 Å². The van der Waals surface area contributed by atoms with E-state index >= 15 is 0 Å². The van der Waals surface area contributed by atoms with E-state index < -0.39 is 14.4 Å². The molecule has 0 aliphatic rings. The minimum absolute atomic E-state index is 0.0154. The quantitative estimate of drug-likeness (QED) is 0.586. The number of rotatable bonds is 5. The molecule has 0 aromatic heterocycles. The Morgan fingerprint density at radius 2 is 1.82 bits per heavy atom. The van der Waals surface area contributed by atoms with E-state index in [1.54, 1.807) is 13.1 Å². The van der Waals surface area contributed by atoms with Crippen molar-refractivity contribution in [3.05, 3.63) is 34.9 Å². The summed E-state index contributed by atoms with van der Waals surface area (Å²) < 4.78 is 6.34. The van der Waals surface area contributed by atoms with Crippen molar-refractivity contribution in [3.8, 4) is 0 Å². The van der Waals surface area contributed by atoms with E-state index in [9.17, 15) is 4.79 Å². The summed E-state index contributed by atoms with van der Waals surface area (Å²) in [5, 5.41) is 1.68. The van der Waals surface area contributed by atoms with Crippen LogP contribution >= 0.6 is 11.6 Å². The Kier molecular flexibility index (Phi) is 6.21. The van der Waals surface area contributed by atoms with Crippen LogP contribution < -0.4 is 0 Å². The minimum atomic E-state index is -2.16. The summed E-state index contributed by atoms with van der Waals surface area (Å²) in [6, 6.07) is 7.27. The lowest BCUT2D eigenvalue weighted by molar-refractivity contribution is -0.177. The lowest BCUT2D eigenvalue weighted by atomic mass is 10.1. The molecular weight excluding hydrogens is 318 g/mol. The molecule has 1 rings (SSSR count). The van der Waals surface area contributed by atoms with Crippen LogP contribution in [0.15, 0.2) is 24.3 Å². The fourth-order valence-electron chi connectivity index (χ4n) is 1.66. The largest absolute Gasteiger partial charge is 0.401 e. The zero-order valence-electron chi connectivity index (χ0n) is 14.4. The van der Waals surface area contributed by atoms with Gasteiger partial charge in [-0.1, -0.05) is 50.6 Å². The molecule has 0 saturated carbocycles. The van der Waals surface area contributed by atoms with Crippen molar-refractivity contribution >= 4 is 25.8 Å². The minimum Gasteiger partial charge on any atom is -0.401 e. The average molecular weight is 344 g/mol. The Bertz CT molecular complexity index is 528. The van der Waals surface area contributed by atoms with Crippen LogP contribution in [-0.4, -0.2) is 33.4 Å². The second-order valence-corrected chi connectivity index (χ2v) is 12.0. The topological polar surface area (TPSA) is 38.8 Å². The molecule has 1 unspecified atom stereocenters. The van der Waals surface area contributed by atoms with Crippen molar-refractivity contribution in [2.75, 3.05) is 14.2 Å². The summed E-state index contributed by atoms with van der Waals surface area (Å²) in [7, 11) is 0.866. The molecular formula is C16H26ClNO3Si. The van der Waals surface area contributed by atoms with Gasteiger partial charge in [0.15, 0.2) is 14.4 Å². The van der Waals surface area contributed by atoms with Gasteiger partial charge in [0, 0.05) is 17.6 Å². The van der Waals surface area contributed by atoms with Crippen molar-refractivity contribution < 1.29 is 14.1 Å². The SMILES string of the molecule is CON(C)C(=O)C(O[Si](C)(C)C(C)(C)C)c1ccccc1Cl. The van der Waals surface area contributed by atoms with Crippen molar-refractivity contribution in [3.63, 3.8) is 0 Å². The molecule has 0 N–H and O–H groups in total. The Morgan fingerprint density at radius 1 is 1.27 bits per heavy atom. The number of benzene rings is 1. The Labute approximate surface area is 139 Å². The van der Waals surface area contributed by atoms with E-state index in [-0.39, 0.29) is 10.9 Å². The monoisotopic (exact) mass is 343 g/mol. The van der Waals surface area contributed by atoms with Gasteiger partial charge >= 0.3 is 0 Å². The zero-order valence-corrected chi connectivity index (χ0v) is 16.2. The second kappa shape index (κ2) is 7.13. The third-order valence-electron chi connectivity index (χ3n) is 4.21. The first-order valence-electron chi connectivity index (χ1n) is 7.25. The van der Waals surface area contributed by atoms with Crippen molar-refractivity contribution in [1.29, 1.82) is 0 Å². The molecule has 1 amide bonds. The summed E-state index contributed by atoms with van der Waals surface area (Å²) >= 11 is 6.28. The Balaban J connectivity index is 3.25. The molecule has 6 heteroatoms. The Hall–Kier alpha value is -0.883. The molecule has 0 fully saturated rings. The number of carbonyl (C=O) groups is 1. The summed E-state index contributed by atoms with van der Waals surface area (Å²) in [4.78, 5) is 17.7. The van der Waals surface area contributed by atoms with Gasteiger partial charge in [-0.25, -0.2) is 5.06 Å². The van der Waals surface area contributed by atoms with Crippen LogP contribution in [0.4, 0.5) is 0 Å². The molecule has 1 aromatic rings. The first-order chi connectivity index (χ1) is 10.0. The highest BCUT2D eigenvalue weighted by molar-refractivity contribution is 6.74. The molecule has 1 aromatic carbocycles. The molecule has 0 saturated heterocycles. The number of hydrogen-bond acceptors (Lipinski definition) is 3. The second-order valence-electron chi connectivity index (χ2n) is 6.80. The molecule has 0 radical (unpaired) electrons. The molecule has 0 heterocycles. The lowest BCUT2D eigenvalue weighted by Gasteiger charge is -2.39. The van der Waals surface area contributed by atoms with Gasteiger partial charge in [0.1, 0.15) is 0 Å². The highest BCUT2D eigenvalue weighted by Crippen LogP contribution is 2.41. The van der Waals surface area contributed by atoms with Crippen LogP contribution in [0.5, 0.6) is 0 Å². The molecule has 0 aliphatic carbocycles. The van der Waals surface area contributed by atoms with Crippen molar-refractivity contribution in [1.82, 2.24) is 5.06 Å². The van der Waals surface area contributed by atoms with E-state index in [0.717, 1.165) is 0 Å².